The lowest BCUT2D eigenvalue weighted by molar-refractivity contribution is -0.139. The van der Waals surface area contributed by atoms with Crippen molar-refractivity contribution in [3.05, 3.63) is 119 Å². The highest BCUT2D eigenvalue weighted by Crippen LogP contribution is 2.31. The number of carbonyl (C=O) groups is 1. The number of benzene rings is 2. The van der Waals surface area contributed by atoms with Crippen molar-refractivity contribution in [3.63, 3.8) is 0 Å². The Labute approximate surface area is 238 Å². The molecule has 0 fully saturated rings. The molecule has 0 radical (unpaired) electrons. The number of fused-ring (bicyclic) bond motifs is 1. The summed E-state index contributed by atoms with van der Waals surface area (Å²) in [6.45, 7) is 14.3. The molecule has 40 heavy (non-hydrogen) atoms. The SMILES string of the molecule is CCOC(=O)C1=C(C)N=c2s/c(=C/c3cc(C)n(-c4cccc(C)c4)c3C)c(=O)n2[C@H]1c1ccc(C(C)C)cc1. The third kappa shape index (κ3) is 4.90. The number of aryl methyl sites for hydroxylation is 2. The fraction of sp³-hybridized carbons (Fsp3) is 0.303. The predicted octanol–water partition coefficient (Wildman–Crippen LogP) is 5.64. The summed E-state index contributed by atoms with van der Waals surface area (Å²) in [6, 6.07) is 18.0. The molecule has 7 heteroatoms. The molecule has 0 N–H and O–H groups in total. The van der Waals surface area contributed by atoms with Crippen molar-refractivity contribution in [2.75, 3.05) is 6.61 Å². The minimum absolute atomic E-state index is 0.170. The molecule has 5 rings (SSSR count). The van der Waals surface area contributed by atoms with Gasteiger partial charge < -0.3 is 9.30 Å². The molecule has 4 aromatic rings. The van der Waals surface area contributed by atoms with Crippen molar-refractivity contribution < 1.29 is 9.53 Å². The minimum atomic E-state index is -0.613. The van der Waals surface area contributed by atoms with Crippen LogP contribution in [-0.2, 0) is 9.53 Å². The van der Waals surface area contributed by atoms with Gasteiger partial charge in [-0.15, -0.1) is 0 Å². The van der Waals surface area contributed by atoms with Gasteiger partial charge in [0.05, 0.1) is 28.5 Å². The smallest absolute Gasteiger partial charge is 0.338 e. The summed E-state index contributed by atoms with van der Waals surface area (Å²) in [7, 11) is 0. The van der Waals surface area contributed by atoms with Gasteiger partial charge in [-0.25, -0.2) is 9.79 Å². The van der Waals surface area contributed by atoms with Gasteiger partial charge in [-0.2, -0.15) is 0 Å². The number of aromatic nitrogens is 2. The molecule has 0 spiro atoms. The summed E-state index contributed by atoms with van der Waals surface area (Å²) >= 11 is 1.35. The van der Waals surface area contributed by atoms with Crippen LogP contribution in [-0.4, -0.2) is 21.7 Å². The van der Waals surface area contributed by atoms with Gasteiger partial charge in [-0.3, -0.25) is 9.36 Å². The molecule has 0 bridgehead atoms. The number of esters is 1. The van der Waals surface area contributed by atoms with Crippen molar-refractivity contribution in [2.45, 2.75) is 60.4 Å². The maximum Gasteiger partial charge on any atom is 0.338 e. The topological polar surface area (TPSA) is 65.6 Å². The van der Waals surface area contributed by atoms with Crippen LogP contribution in [0.3, 0.4) is 0 Å². The highest BCUT2D eigenvalue weighted by Gasteiger charge is 2.33. The number of thiazole rings is 1. The molecule has 1 aliphatic heterocycles. The number of nitrogens with zero attached hydrogens (tertiary/aromatic N) is 3. The van der Waals surface area contributed by atoms with Gasteiger partial charge in [-0.1, -0.05) is 61.6 Å². The molecular formula is C33H35N3O3S. The van der Waals surface area contributed by atoms with Gasteiger partial charge in [0.25, 0.3) is 5.56 Å². The third-order valence-corrected chi connectivity index (χ3v) is 8.44. The van der Waals surface area contributed by atoms with E-state index in [9.17, 15) is 9.59 Å². The van der Waals surface area contributed by atoms with Crippen molar-refractivity contribution >= 4 is 23.4 Å². The van der Waals surface area contributed by atoms with E-state index in [0.29, 0.717) is 26.5 Å². The number of allylic oxidation sites excluding steroid dienone is 1. The zero-order valence-corrected chi connectivity index (χ0v) is 24.9. The molecular weight excluding hydrogens is 518 g/mol. The predicted molar refractivity (Wildman–Crippen MR) is 161 cm³/mol. The maximum absolute atomic E-state index is 14.0. The summed E-state index contributed by atoms with van der Waals surface area (Å²) in [5.74, 6) is -0.0747. The Balaban J connectivity index is 1.68. The monoisotopic (exact) mass is 553 g/mol. The fourth-order valence-electron chi connectivity index (χ4n) is 5.41. The van der Waals surface area contributed by atoms with E-state index in [4.69, 9.17) is 9.73 Å². The summed E-state index contributed by atoms with van der Waals surface area (Å²) in [5.41, 5.74) is 8.25. The van der Waals surface area contributed by atoms with E-state index in [-0.39, 0.29) is 12.2 Å². The van der Waals surface area contributed by atoms with Gasteiger partial charge >= 0.3 is 5.97 Å². The first kappa shape index (κ1) is 27.6. The average molecular weight is 554 g/mol. The number of rotatable bonds is 6. The van der Waals surface area contributed by atoms with E-state index in [1.807, 2.05) is 25.1 Å². The summed E-state index contributed by atoms with van der Waals surface area (Å²) in [6.07, 6.45) is 1.95. The standard InChI is InChI=1S/C33H35N3O3S/c1-8-39-32(38)29-22(6)34-33-36(30(29)25-14-12-24(13-15-25)19(2)3)31(37)28(40-33)18-26-17-21(5)35(23(26)7)27-11-9-10-20(4)16-27/h9-19,30H,8H2,1-7H3/b28-18+/t30-/m0/s1. The molecule has 6 nitrogen and oxygen atoms in total. The molecule has 0 amide bonds. The Kier molecular flexibility index (Phi) is 7.51. The third-order valence-electron chi connectivity index (χ3n) is 7.45. The normalized spacial score (nSPS) is 15.4. The van der Waals surface area contributed by atoms with E-state index < -0.39 is 12.0 Å². The molecule has 0 unspecified atom stereocenters. The Morgan fingerprint density at radius 1 is 1.07 bits per heavy atom. The molecule has 206 valence electrons. The van der Waals surface area contributed by atoms with E-state index in [1.165, 1.54) is 22.5 Å². The van der Waals surface area contributed by atoms with Crippen LogP contribution in [0.5, 0.6) is 0 Å². The van der Waals surface area contributed by atoms with Crippen LogP contribution in [0.25, 0.3) is 11.8 Å². The highest BCUT2D eigenvalue weighted by molar-refractivity contribution is 7.07. The number of hydrogen-bond donors (Lipinski definition) is 0. The molecule has 0 aliphatic carbocycles. The Hall–Kier alpha value is -3.97. The summed E-state index contributed by atoms with van der Waals surface area (Å²) < 4.78 is 9.86. The van der Waals surface area contributed by atoms with E-state index in [2.05, 4.69) is 81.7 Å². The second-order valence-electron chi connectivity index (χ2n) is 10.6. The van der Waals surface area contributed by atoms with Crippen molar-refractivity contribution in [2.24, 2.45) is 4.99 Å². The molecule has 1 aliphatic rings. The highest BCUT2D eigenvalue weighted by atomic mass is 32.1. The van der Waals surface area contributed by atoms with Crippen molar-refractivity contribution in [1.29, 1.82) is 0 Å². The quantitative estimate of drug-likeness (QED) is 0.291. The Morgan fingerprint density at radius 2 is 1.80 bits per heavy atom. The molecule has 0 saturated heterocycles. The number of ether oxygens (including phenoxy) is 1. The molecule has 2 aromatic carbocycles. The van der Waals surface area contributed by atoms with Gasteiger partial charge in [0, 0.05) is 17.1 Å². The van der Waals surface area contributed by atoms with E-state index in [0.717, 1.165) is 28.2 Å². The van der Waals surface area contributed by atoms with Crippen LogP contribution in [0.4, 0.5) is 0 Å². The molecule has 2 aromatic heterocycles. The van der Waals surface area contributed by atoms with Crippen LogP contribution >= 0.6 is 11.3 Å². The molecule has 0 saturated carbocycles. The van der Waals surface area contributed by atoms with Gasteiger partial charge in [-0.05, 0) is 87.1 Å². The first-order chi connectivity index (χ1) is 19.1. The van der Waals surface area contributed by atoms with Gasteiger partial charge in [0.2, 0.25) is 0 Å². The van der Waals surface area contributed by atoms with Crippen LogP contribution < -0.4 is 14.9 Å². The zero-order valence-electron chi connectivity index (χ0n) is 24.1. The number of hydrogen-bond acceptors (Lipinski definition) is 5. The largest absolute Gasteiger partial charge is 0.463 e. The van der Waals surface area contributed by atoms with Gasteiger partial charge in [0.15, 0.2) is 4.80 Å². The maximum atomic E-state index is 14.0. The van der Waals surface area contributed by atoms with Crippen LogP contribution in [0.15, 0.2) is 75.7 Å². The molecule has 1 atom stereocenters. The fourth-order valence-corrected chi connectivity index (χ4v) is 6.45. The Bertz CT molecular complexity index is 1820. The van der Waals surface area contributed by atoms with Crippen LogP contribution in [0.2, 0.25) is 0 Å². The second-order valence-corrected chi connectivity index (χ2v) is 11.6. The summed E-state index contributed by atoms with van der Waals surface area (Å²) in [4.78, 5) is 32.5. The zero-order chi connectivity index (χ0) is 28.7. The average Bonchev–Trinajstić information content (AvgIpc) is 3.37. The lowest BCUT2D eigenvalue weighted by Crippen LogP contribution is -2.39. The minimum Gasteiger partial charge on any atom is -0.463 e. The second kappa shape index (κ2) is 10.9. The first-order valence-corrected chi connectivity index (χ1v) is 14.5. The Morgan fingerprint density at radius 3 is 2.45 bits per heavy atom. The molecule has 3 heterocycles. The van der Waals surface area contributed by atoms with Crippen LogP contribution in [0.1, 0.15) is 73.3 Å². The number of carbonyl (C=O) groups excluding carboxylic acids is 1. The summed E-state index contributed by atoms with van der Waals surface area (Å²) in [5, 5.41) is 0. The van der Waals surface area contributed by atoms with Crippen molar-refractivity contribution in [3.8, 4) is 5.69 Å². The van der Waals surface area contributed by atoms with Gasteiger partial charge in [0.1, 0.15) is 0 Å². The lowest BCUT2D eigenvalue weighted by atomic mass is 9.93. The van der Waals surface area contributed by atoms with Crippen molar-refractivity contribution in [1.82, 2.24) is 9.13 Å². The van der Waals surface area contributed by atoms with Crippen LogP contribution in [0, 0.1) is 20.8 Å². The van der Waals surface area contributed by atoms with E-state index >= 15 is 0 Å². The lowest BCUT2D eigenvalue weighted by Gasteiger charge is -2.25. The first-order valence-electron chi connectivity index (χ1n) is 13.7. The van der Waals surface area contributed by atoms with E-state index in [1.54, 1.807) is 11.5 Å².